The Kier molecular flexibility index (Phi) is 5.12. The van der Waals surface area contributed by atoms with Crippen molar-refractivity contribution >= 4 is 38.9 Å². The van der Waals surface area contributed by atoms with E-state index < -0.39 is 5.69 Å². The Balaban J connectivity index is 1.78. The Morgan fingerprint density at radius 3 is 2.42 bits per heavy atom. The number of aromatic nitrogens is 2. The smallest absolute Gasteiger partial charge is 0.292 e. The number of hydrogen-bond donors (Lipinski definition) is 0. The molecule has 0 saturated carbocycles. The molecule has 0 atom stereocenters. The first-order chi connectivity index (χ1) is 15.0. The lowest BCUT2D eigenvalue weighted by Crippen LogP contribution is -2.40. The van der Waals surface area contributed by atoms with Crippen LogP contribution in [0, 0.1) is 0 Å². The summed E-state index contributed by atoms with van der Waals surface area (Å²) in [6.45, 7) is -0.118. The Morgan fingerprint density at radius 2 is 1.68 bits per heavy atom. The van der Waals surface area contributed by atoms with E-state index in [1.54, 1.807) is 48.5 Å². The maximum Gasteiger partial charge on any atom is 0.337 e. The van der Waals surface area contributed by atoms with E-state index in [0.717, 1.165) is 36.1 Å². The molecule has 156 valence electrons. The highest BCUT2D eigenvalue weighted by atomic mass is 35.5. The number of benzene rings is 2. The van der Waals surface area contributed by atoms with Gasteiger partial charge in [0.1, 0.15) is 4.83 Å². The highest BCUT2D eigenvalue weighted by molar-refractivity contribution is 7.18. The number of fused-ring (bicyclic) bond motifs is 3. The van der Waals surface area contributed by atoms with E-state index in [-0.39, 0.29) is 17.9 Å². The Morgan fingerprint density at radius 1 is 0.968 bits per heavy atom. The molecule has 0 spiro atoms. The lowest BCUT2D eigenvalue weighted by Gasteiger charge is -2.13. The minimum atomic E-state index is -0.511. The molecule has 0 bridgehead atoms. The second kappa shape index (κ2) is 7.94. The molecule has 0 saturated heterocycles. The summed E-state index contributed by atoms with van der Waals surface area (Å²) >= 11 is 7.48. The molecule has 0 amide bonds. The summed E-state index contributed by atoms with van der Waals surface area (Å²) in [4.78, 5) is 41.7. The zero-order valence-electron chi connectivity index (χ0n) is 16.6. The van der Waals surface area contributed by atoms with E-state index in [1.165, 1.54) is 20.5 Å². The number of rotatable bonds is 4. The molecule has 1 aliphatic carbocycles. The quantitative estimate of drug-likeness (QED) is 0.426. The summed E-state index contributed by atoms with van der Waals surface area (Å²) < 4.78 is 2.63. The molecule has 2 heterocycles. The van der Waals surface area contributed by atoms with Crippen molar-refractivity contribution in [2.45, 2.75) is 32.2 Å². The van der Waals surface area contributed by atoms with Gasteiger partial charge in [-0.3, -0.25) is 14.2 Å². The van der Waals surface area contributed by atoms with Crippen LogP contribution in [0.5, 0.6) is 0 Å². The van der Waals surface area contributed by atoms with Crippen molar-refractivity contribution < 1.29 is 4.79 Å². The first kappa shape index (κ1) is 20.0. The molecular weight excluding hydrogens is 432 g/mol. The zero-order valence-corrected chi connectivity index (χ0v) is 18.2. The third kappa shape index (κ3) is 3.46. The maximum absolute atomic E-state index is 13.5. The summed E-state index contributed by atoms with van der Waals surface area (Å²) in [5.74, 6) is -0.170. The van der Waals surface area contributed by atoms with Gasteiger partial charge in [-0.1, -0.05) is 41.9 Å². The van der Waals surface area contributed by atoms with Gasteiger partial charge in [0.25, 0.3) is 5.56 Å². The van der Waals surface area contributed by atoms with E-state index >= 15 is 0 Å². The Labute approximate surface area is 187 Å². The number of carbonyl (C=O) groups is 1. The van der Waals surface area contributed by atoms with Gasteiger partial charge in [-0.05, 0) is 55.5 Å². The van der Waals surface area contributed by atoms with Gasteiger partial charge in [-0.15, -0.1) is 11.3 Å². The van der Waals surface area contributed by atoms with Crippen LogP contribution in [0.1, 0.15) is 33.6 Å². The number of nitrogens with zero attached hydrogens (tertiary/aromatic N) is 2. The second-order valence-corrected chi connectivity index (χ2v) is 9.19. The van der Waals surface area contributed by atoms with Crippen molar-refractivity contribution in [3.05, 3.63) is 96.5 Å². The standard InChI is InChI=1S/C24H19ClN2O3S/c25-16-10-12-17(13-11-16)27-22(29)21-18-8-4-5-9-20(18)31-23(21)26(24(27)30)14-19(28)15-6-2-1-3-7-15/h1-3,6-7,10-13H,4-5,8-9,14H2. The molecule has 2 aromatic heterocycles. The highest BCUT2D eigenvalue weighted by Crippen LogP contribution is 2.34. The van der Waals surface area contributed by atoms with Gasteiger partial charge in [-0.25, -0.2) is 9.36 Å². The molecular formula is C24H19ClN2O3S. The fraction of sp³-hybridized carbons (Fsp3) is 0.208. The number of aryl methyl sites for hydroxylation is 2. The van der Waals surface area contributed by atoms with Crippen LogP contribution in [0.15, 0.2) is 64.2 Å². The molecule has 4 aromatic rings. The second-order valence-electron chi connectivity index (χ2n) is 7.67. The topological polar surface area (TPSA) is 61.1 Å². The van der Waals surface area contributed by atoms with Gasteiger partial charge < -0.3 is 0 Å². The van der Waals surface area contributed by atoms with E-state index in [9.17, 15) is 14.4 Å². The summed E-state index contributed by atoms with van der Waals surface area (Å²) in [5, 5.41) is 1.08. The van der Waals surface area contributed by atoms with Crippen LogP contribution in [-0.2, 0) is 19.4 Å². The van der Waals surface area contributed by atoms with Crippen molar-refractivity contribution in [1.29, 1.82) is 0 Å². The average molecular weight is 451 g/mol. The molecule has 0 aliphatic heterocycles. The van der Waals surface area contributed by atoms with Crippen LogP contribution in [0.3, 0.4) is 0 Å². The normalized spacial score (nSPS) is 13.3. The molecule has 0 N–H and O–H groups in total. The fourth-order valence-corrected chi connectivity index (χ4v) is 5.68. The number of hydrogen-bond acceptors (Lipinski definition) is 4. The fourth-order valence-electron chi connectivity index (χ4n) is 4.18. The molecule has 0 unspecified atom stereocenters. The maximum atomic E-state index is 13.5. The molecule has 2 aromatic carbocycles. The number of carbonyl (C=O) groups excluding carboxylic acids is 1. The molecule has 0 fully saturated rings. The lowest BCUT2D eigenvalue weighted by atomic mass is 9.97. The first-order valence-electron chi connectivity index (χ1n) is 10.2. The SMILES string of the molecule is O=C(Cn1c(=O)n(-c2ccc(Cl)cc2)c(=O)c2c3c(sc21)CCCC3)c1ccccc1. The monoisotopic (exact) mass is 450 g/mol. The summed E-state index contributed by atoms with van der Waals surface area (Å²) in [6, 6.07) is 15.5. The molecule has 5 nitrogen and oxygen atoms in total. The summed E-state index contributed by atoms with van der Waals surface area (Å²) in [5.41, 5.74) is 1.17. The van der Waals surface area contributed by atoms with Crippen LogP contribution in [0.4, 0.5) is 0 Å². The van der Waals surface area contributed by atoms with Gasteiger partial charge in [0.15, 0.2) is 5.78 Å². The van der Waals surface area contributed by atoms with Gasteiger partial charge in [-0.2, -0.15) is 0 Å². The van der Waals surface area contributed by atoms with Gasteiger partial charge >= 0.3 is 5.69 Å². The first-order valence-corrected chi connectivity index (χ1v) is 11.4. The van der Waals surface area contributed by atoms with E-state index in [0.29, 0.717) is 26.5 Å². The minimum Gasteiger partial charge on any atom is -0.292 e. The van der Waals surface area contributed by atoms with Crippen molar-refractivity contribution in [3.63, 3.8) is 0 Å². The number of thiophene rings is 1. The highest BCUT2D eigenvalue weighted by Gasteiger charge is 2.25. The van der Waals surface area contributed by atoms with Gasteiger partial charge in [0.05, 0.1) is 17.6 Å². The largest absolute Gasteiger partial charge is 0.337 e. The van der Waals surface area contributed by atoms with Crippen LogP contribution in [-0.4, -0.2) is 14.9 Å². The molecule has 5 rings (SSSR count). The number of Topliss-reactive ketones (excluding diaryl/α,β-unsaturated/α-hetero) is 1. The average Bonchev–Trinajstić information content (AvgIpc) is 3.18. The van der Waals surface area contributed by atoms with E-state index in [2.05, 4.69) is 0 Å². The van der Waals surface area contributed by atoms with E-state index in [1.807, 2.05) is 6.07 Å². The van der Waals surface area contributed by atoms with E-state index in [4.69, 9.17) is 11.6 Å². The van der Waals surface area contributed by atoms with Crippen LogP contribution in [0.2, 0.25) is 5.02 Å². The summed E-state index contributed by atoms with van der Waals surface area (Å²) in [6.07, 6.45) is 3.80. The van der Waals surface area contributed by atoms with Crippen molar-refractivity contribution in [3.8, 4) is 5.69 Å². The zero-order chi connectivity index (χ0) is 21.5. The Bertz CT molecular complexity index is 1420. The van der Waals surface area contributed by atoms with Crippen molar-refractivity contribution in [2.24, 2.45) is 0 Å². The summed E-state index contributed by atoms with van der Waals surface area (Å²) in [7, 11) is 0. The third-order valence-corrected chi connectivity index (χ3v) is 7.29. The number of ketones is 1. The third-order valence-electron chi connectivity index (χ3n) is 5.72. The van der Waals surface area contributed by atoms with Crippen LogP contribution < -0.4 is 11.2 Å². The molecule has 7 heteroatoms. The Hall–Kier alpha value is -2.96. The van der Waals surface area contributed by atoms with Crippen molar-refractivity contribution in [2.75, 3.05) is 0 Å². The lowest BCUT2D eigenvalue weighted by molar-refractivity contribution is 0.0972. The number of halogens is 1. The molecule has 1 aliphatic rings. The van der Waals surface area contributed by atoms with Gasteiger partial charge in [0, 0.05) is 15.5 Å². The predicted molar refractivity (Wildman–Crippen MR) is 124 cm³/mol. The molecule has 31 heavy (non-hydrogen) atoms. The minimum absolute atomic E-state index is 0.118. The predicted octanol–water partition coefficient (Wildman–Crippen LogP) is 4.63. The van der Waals surface area contributed by atoms with Crippen molar-refractivity contribution in [1.82, 2.24) is 9.13 Å². The van der Waals surface area contributed by atoms with Crippen LogP contribution in [0.25, 0.3) is 15.9 Å². The molecule has 0 radical (unpaired) electrons. The van der Waals surface area contributed by atoms with Crippen LogP contribution >= 0.6 is 22.9 Å². The van der Waals surface area contributed by atoms with Gasteiger partial charge in [0.2, 0.25) is 0 Å².